The van der Waals surface area contributed by atoms with E-state index in [0.29, 0.717) is 0 Å². The van der Waals surface area contributed by atoms with Crippen LogP contribution in [0.1, 0.15) is 12.5 Å². The second-order valence-corrected chi connectivity index (χ2v) is 3.56. The van der Waals surface area contributed by atoms with Gasteiger partial charge in [-0.25, -0.2) is 0 Å². The zero-order valence-corrected chi connectivity index (χ0v) is 7.21. The molecule has 0 N–H and O–H groups in total. The van der Waals surface area contributed by atoms with Crippen molar-refractivity contribution >= 4 is 18.9 Å². The van der Waals surface area contributed by atoms with E-state index in [9.17, 15) is 4.79 Å². The Morgan fingerprint density at radius 2 is 1.91 bits per heavy atom. The van der Waals surface area contributed by atoms with Crippen molar-refractivity contribution in [3.8, 4) is 0 Å². The number of benzene rings is 1. The molecule has 0 heterocycles. The molecule has 0 fully saturated rings. The number of hydrogen-bond donors (Lipinski definition) is 1. The van der Waals surface area contributed by atoms with Crippen LogP contribution in [0, 0.1) is 0 Å². The van der Waals surface area contributed by atoms with Gasteiger partial charge >= 0.3 is 0 Å². The molecule has 58 valence electrons. The van der Waals surface area contributed by atoms with E-state index < -0.39 is 4.75 Å². The smallest absolute Gasteiger partial charge is 0.139 e. The third-order valence-electron chi connectivity index (χ3n) is 1.59. The van der Waals surface area contributed by atoms with Crippen LogP contribution in [-0.2, 0) is 9.54 Å². The second kappa shape index (κ2) is 3.09. The number of carbonyl (C=O) groups is 1. The minimum Gasteiger partial charge on any atom is -0.301 e. The van der Waals surface area contributed by atoms with Gasteiger partial charge in [0, 0.05) is 0 Å². The lowest BCUT2D eigenvalue weighted by atomic mass is 10.0. The summed E-state index contributed by atoms with van der Waals surface area (Å²) in [5.74, 6) is 0. The Bertz CT molecular complexity index is 241. The average Bonchev–Trinajstić information content (AvgIpc) is 2.06. The van der Waals surface area contributed by atoms with Crippen molar-refractivity contribution < 1.29 is 4.79 Å². The zero-order chi connectivity index (χ0) is 8.32. The van der Waals surface area contributed by atoms with E-state index in [4.69, 9.17) is 0 Å². The van der Waals surface area contributed by atoms with Gasteiger partial charge in [0.1, 0.15) is 6.29 Å². The van der Waals surface area contributed by atoms with Crippen LogP contribution < -0.4 is 0 Å². The van der Waals surface area contributed by atoms with Gasteiger partial charge in [0.2, 0.25) is 0 Å². The molecule has 0 spiro atoms. The third kappa shape index (κ3) is 1.84. The highest BCUT2D eigenvalue weighted by Gasteiger charge is 2.19. The fraction of sp³-hybridized carbons (Fsp3) is 0.222. The van der Waals surface area contributed by atoms with Crippen LogP contribution in [0.4, 0.5) is 0 Å². The first-order valence-corrected chi connectivity index (χ1v) is 3.86. The normalized spacial score (nSPS) is 15.5. The summed E-state index contributed by atoms with van der Waals surface area (Å²) in [6, 6.07) is 9.49. The van der Waals surface area contributed by atoms with Crippen LogP contribution in [0.3, 0.4) is 0 Å². The minimum atomic E-state index is -0.652. The van der Waals surface area contributed by atoms with E-state index in [1.165, 1.54) is 0 Å². The first-order chi connectivity index (χ1) is 5.17. The van der Waals surface area contributed by atoms with Crippen molar-refractivity contribution in [1.82, 2.24) is 0 Å². The average molecular weight is 166 g/mol. The number of aldehydes is 1. The molecule has 0 aliphatic rings. The Hall–Kier alpha value is -0.760. The van der Waals surface area contributed by atoms with E-state index in [-0.39, 0.29) is 0 Å². The summed E-state index contributed by atoms with van der Waals surface area (Å²) in [4.78, 5) is 10.6. The van der Waals surface area contributed by atoms with E-state index in [2.05, 4.69) is 12.6 Å². The Balaban J connectivity index is 3.02. The van der Waals surface area contributed by atoms with Gasteiger partial charge in [0.05, 0.1) is 4.75 Å². The van der Waals surface area contributed by atoms with Crippen LogP contribution >= 0.6 is 12.6 Å². The fourth-order valence-corrected chi connectivity index (χ4v) is 0.993. The molecule has 0 saturated carbocycles. The van der Waals surface area contributed by atoms with E-state index >= 15 is 0 Å². The van der Waals surface area contributed by atoms with E-state index in [1.54, 1.807) is 6.92 Å². The summed E-state index contributed by atoms with van der Waals surface area (Å²) in [6.07, 6.45) is 0.839. The molecular formula is C9H10OS. The van der Waals surface area contributed by atoms with Crippen molar-refractivity contribution in [2.24, 2.45) is 0 Å². The summed E-state index contributed by atoms with van der Waals surface area (Å²) < 4.78 is -0.652. The van der Waals surface area contributed by atoms with Gasteiger partial charge in [0.15, 0.2) is 0 Å². The molecule has 0 bridgehead atoms. The monoisotopic (exact) mass is 166 g/mol. The lowest BCUT2D eigenvalue weighted by Crippen LogP contribution is -2.14. The summed E-state index contributed by atoms with van der Waals surface area (Å²) >= 11 is 4.21. The highest BCUT2D eigenvalue weighted by molar-refractivity contribution is 7.82. The van der Waals surface area contributed by atoms with Gasteiger partial charge in [-0.3, -0.25) is 0 Å². The van der Waals surface area contributed by atoms with Crippen molar-refractivity contribution in [3.63, 3.8) is 0 Å². The van der Waals surface area contributed by atoms with Crippen LogP contribution in [-0.4, -0.2) is 6.29 Å². The standard InChI is InChI=1S/C9H10OS/c1-9(11,7-10)8-5-3-2-4-6-8/h2-7,11H,1H3. The van der Waals surface area contributed by atoms with Crippen molar-refractivity contribution in [3.05, 3.63) is 35.9 Å². The van der Waals surface area contributed by atoms with Crippen LogP contribution in [0.25, 0.3) is 0 Å². The van der Waals surface area contributed by atoms with Gasteiger partial charge in [0.25, 0.3) is 0 Å². The van der Waals surface area contributed by atoms with Crippen molar-refractivity contribution in [2.45, 2.75) is 11.7 Å². The molecule has 0 radical (unpaired) electrons. The van der Waals surface area contributed by atoms with Gasteiger partial charge < -0.3 is 4.79 Å². The largest absolute Gasteiger partial charge is 0.301 e. The van der Waals surface area contributed by atoms with E-state index in [1.807, 2.05) is 30.3 Å². The summed E-state index contributed by atoms with van der Waals surface area (Å²) in [7, 11) is 0. The lowest BCUT2D eigenvalue weighted by molar-refractivity contribution is -0.109. The highest BCUT2D eigenvalue weighted by atomic mass is 32.1. The molecule has 1 rings (SSSR count). The third-order valence-corrected chi connectivity index (χ3v) is 1.95. The van der Waals surface area contributed by atoms with Gasteiger partial charge in [-0.15, -0.1) is 0 Å². The molecule has 1 nitrogen and oxygen atoms in total. The minimum absolute atomic E-state index is 0.652. The van der Waals surface area contributed by atoms with Crippen molar-refractivity contribution in [2.75, 3.05) is 0 Å². The Morgan fingerprint density at radius 1 is 1.36 bits per heavy atom. The molecule has 11 heavy (non-hydrogen) atoms. The van der Waals surface area contributed by atoms with Gasteiger partial charge in [-0.2, -0.15) is 12.6 Å². The Morgan fingerprint density at radius 3 is 2.36 bits per heavy atom. The fourth-order valence-electron chi connectivity index (χ4n) is 0.844. The Kier molecular flexibility index (Phi) is 2.35. The summed E-state index contributed by atoms with van der Waals surface area (Å²) in [6.45, 7) is 1.78. The lowest BCUT2D eigenvalue weighted by Gasteiger charge is -2.15. The SMILES string of the molecule is CC(S)(C=O)c1ccccc1. The summed E-state index contributed by atoms with van der Waals surface area (Å²) in [5, 5.41) is 0. The molecule has 1 aromatic rings. The second-order valence-electron chi connectivity index (χ2n) is 2.63. The maximum absolute atomic E-state index is 10.6. The Labute approximate surface area is 71.8 Å². The molecule has 1 unspecified atom stereocenters. The highest BCUT2D eigenvalue weighted by Crippen LogP contribution is 2.24. The topological polar surface area (TPSA) is 17.1 Å². The molecule has 0 aromatic heterocycles. The molecule has 2 heteroatoms. The maximum atomic E-state index is 10.6. The predicted molar refractivity (Wildman–Crippen MR) is 48.8 cm³/mol. The molecule has 1 atom stereocenters. The quantitative estimate of drug-likeness (QED) is 0.525. The van der Waals surface area contributed by atoms with Crippen LogP contribution in [0.5, 0.6) is 0 Å². The van der Waals surface area contributed by atoms with Gasteiger partial charge in [-0.1, -0.05) is 30.3 Å². The molecule has 0 aliphatic heterocycles. The molecule has 0 saturated heterocycles. The van der Waals surface area contributed by atoms with E-state index in [0.717, 1.165) is 11.8 Å². The van der Waals surface area contributed by atoms with Crippen LogP contribution in [0.2, 0.25) is 0 Å². The number of thiol groups is 1. The van der Waals surface area contributed by atoms with Crippen molar-refractivity contribution in [1.29, 1.82) is 0 Å². The number of carbonyl (C=O) groups excluding carboxylic acids is 1. The molecule has 1 aromatic carbocycles. The molecule has 0 amide bonds. The first kappa shape index (κ1) is 8.34. The molecule has 0 aliphatic carbocycles. The number of rotatable bonds is 2. The number of hydrogen-bond acceptors (Lipinski definition) is 2. The molecular weight excluding hydrogens is 156 g/mol. The predicted octanol–water partition coefficient (Wildman–Crippen LogP) is 2.03. The maximum Gasteiger partial charge on any atom is 0.139 e. The first-order valence-electron chi connectivity index (χ1n) is 3.41. The van der Waals surface area contributed by atoms with Crippen LogP contribution in [0.15, 0.2) is 30.3 Å². The summed E-state index contributed by atoms with van der Waals surface area (Å²) in [5.41, 5.74) is 0.929. The zero-order valence-electron chi connectivity index (χ0n) is 6.32. The van der Waals surface area contributed by atoms with Gasteiger partial charge in [-0.05, 0) is 12.5 Å².